The van der Waals surface area contributed by atoms with Crippen LogP contribution in [0.5, 0.6) is 0 Å². The van der Waals surface area contributed by atoms with Gasteiger partial charge in [-0.1, -0.05) is 12.1 Å². The van der Waals surface area contributed by atoms with Crippen molar-refractivity contribution in [1.82, 2.24) is 0 Å². The van der Waals surface area contributed by atoms with Gasteiger partial charge in [-0.2, -0.15) is 0 Å². The third-order valence-corrected chi connectivity index (χ3v) is 6.24. The molecule has 0 aliphatic carbocycles. The summed E-state index contributed by atoms with van der Waals surface area (Å²) in [4.78, 5) is 45.5. The molecule has 0 radical (unpaired) electrons. The molecule has 1 aromatic rings. The summed E-state index contributed by atoms with van der Waals surface area (Å²) in [6, 6.07) is 4.24. The summed E-state index contributed by atoms with van der Waals surface area (Å²) in [6.45, 7) is 0. The quantitative estimate of drug-likeness (QED) is 0.285. The van der Waals surface area contributed by atoms with Gasteiger partial charge in [0, 0.05) is 18.6 Å². The van der Waals surface area contributed by atoms with Crippen LogP contribution in [0.25, 0.3) is 0 Å². The third-order valence-electron chi connectivity index (χ3n) is 2.50. The van der Waals surface area contributed by atoms with E-state index in [9.17, 15) is 24.4 Å². The van der Waals surface area contributed by atoms with Crippen molar-refractivity contribution in [3.05, 3.63) is 39.9 Å². The van der Waals surface area contributed by atoms with Crippen molar-refractivity contribution in [3.8, 4) is 0 Å². The SMILES string of the molecule is O=[N+]([O-])c1cccc(CC(O)(P(=O)(O)O)P(=O)(O)O)c1. The summed E-state index contributed by atoms with van der Waals surface area (Å²) in [5.74, 6) is 0. The average Bonchev–Trinajstić information content (AvgIpc) is 2.26. The molecule has 0 unspecified atom stereocenters. The second-order valence-corrected chi connectivity index (χ2v) is 7.97. The van der Waals surface area contributed by atoms with Crippen molar-refractivity contribution in [1.29, 1.82) is 0 Å². The minimum atomic E-state index is -5.59. The van der Waals surface area contributed by atoms with Crippen LogP contribution in [0.15, 0.2) is 24.3 Å². The van der Waals surface area contributed by atoms with E-state index in [1.165, 1.54) is 0 Å². The Kier molecular flexibility index (Phi) is 4.52. The van der Waals surface area contributed by atoms with Crippen LogP contribution in [0.3, 0.4) is 0 Å². The Balaban J connectivity index is 3.29. The molecular formula is C8H11NO9P2. The summed E-state index contributed by atoms with van der Waals surface area (Å²) >= 11 is 0. The Morgan fingerprint density at radius 3 is 2.05 bits per heavy atom. The third kappa shape index (κ3) is 3.31. The van der Waals surface area contributed by atoms with E-state index in [-0.39, 0.29) is 5.56 Å². The summed E-state index contributed by atoms with van der Waals surface area (Å²) in [6.07, 6.45) is -1.14. The van der Waals surface area contributed by atoms with Crippen LogP contribution in [-0.4, -0.2) is 34.7 Å². The lowest BCUT2D eigenvalue weighted by Crippen LogP contribution is -2.31. The highest BCUT2D eigenvalue weighted by Crippen LogP contribution is 2.68. The summed E-state index contributed by atoms with van der Waals surface area (Å²) in [5.41, 5.74) is -0.644. The second-order valence-electron chi connectivity index (χ2n) is 3.97. The smallest absolute Gasteiger partial charge is 0.367 e. The highest BCUT2D eigenvalue weighted by Gasteiger charge is 2.59. The number of nitro groups is 1. The molecule has 0 aliphatic rings. The fourth-order valence-corrected chi connectivity index (χ4v) is 3.56. The molecule has 0 saturated carbocycles. The monoisotopic (exact) mass is 327 g/mol. The first-order chi connectivity index (χ1) is 8.88. The van der Waals surface area contributed by atoms with Crippen LogP contribution in [0, 0.1) is 10.1 Å². The van der Waals surface area contributed by atoms with E-state index in [2.05, 4.69) is 0 Å². The predicted octanol–water partition coefficient (Wildman–Crippen LogP) is 0.139. The molecule has 0 aromatic heterocycles. The first kappa shape index (κ1) is 16.9. The van der Waals surface area contributed by atoms with Crippen molar-refractivity contribution < 1.29 is 38.7 Å². The molecule has 20 heavy (non-hydrogen) atoms. The summed E-state index contributed by atoms with van der Waals surface area (Å²) < 4.78 is 22.3. The molecule has 12 heteroatoms. The molecule has 112 valence electrons. The topological polar surface area (TPSA) is 178 Å². The Morgan fingerprint density at radius 1 is 1.15 bits per heavy atom. The van der Waals surface area contributed by atoms with Gasteiger partial charge in [0.15, 0.2) is 0 Å². The Hall–Kier alpha value is -1.12. The van der Waals surface area contributed by atoms with Crippen molar-refractivity contribution in [3.63, 3.8) is 0 Å². The Morgan fingerprint density at radius 2 is 1.65 bits per heavy atom. The van der Waals surface area contributed by atoms with Crippen molar-refractivity contribution in [2.24, 2.45) is 0 Å². The van der Waals surface area contributed by atoms with Crippen LogP contribution < -0.4 is 0 Å². The van der Waals surface area contributed by atoms with Gasteiger partial charge in [-0.15, -0.1) is 0 Å². The van der Waals surface area contributed by atoms with E-state index in [4.69, 9.17) is 19.6 Å². The summed E-state index contributed by atoms with van der Waals surface area (Å²) in [5, 5.41) is 16.6. The normalized spacial score (nSPS) is 13.2. The van der Waals surface area contributed by atoms with Crippen LogP contribution >= 0.6 is 15.2 Å². The minimum Gasteiger partial charge on any atom is -0.367 e. The van der Waals surface area contributed by atoms with Crippen molar-refractivity contribution in [2.75, 3.05) is 0 Å². The number of nitrogens with zero attached hydrogens (tertiary/aromatic N) is 1. The molecular weight excluding hydrogens is 316 g/mol. The number of rotatable bonds is 5. The van der Waals surface area contributed by atoms with Crippen molar-refractivity contribution >= 4 is 20.9 Å². The molecule has 0 aliphatic heterocycles. The zero-order valence-corrected chi connectivity index (χ0v) is 11.5. The van der Waals surface area contributed by atoms with E-state index >= 15 is 0 Å². The lowest BCUT2D eigenvalue weighted by atomic mass is 10.1. The van der Waals surface area contributed by atoms with Gasteiger partial charge in [0.1, 0.15) is 0 Å². The highest BCUT2D eigenvalue weighted by molar-refractivity contribution is 7.72. The molecule has 5 N–H and O–H groups in total. The number of hydrogen-bond donors (Lipinski definition) is 5. The van der Waals surface area contributed by atoms with Gasteiger partial charge in [0.2, 0.25) is 0 Å². The molecule has 0 spiro atoms. The van der Waals surface area contributed by atoms with Crippen LogP contribution in [0.2, 0.25) is 0 Å². The molecule has 1 aromatic carbocycles. The van der Waals surface area contributed by atoms with Crippen molar-refractivity contribution in [2.45, 2.75) is 11.5 Å². The highest BCUT2D eigenvalue weighted by atomic mass is 31.2. The van der Waals surface area contributed by atoms with E-state index in [0.717, 1.165) is 24.3 Å². The maximum atomic E-state index is 11.1. The van der Waals surface area contributed by atoms with Gasteiger partial charge in [0.25, 0.3) is 10.8 Å². The molecule has 0 bridgehead atoms. The van der Waals surface area contributed by atoms with E-state index in [1.807, 2.05) is 0 Å². The first-order valence-electron chi connectivity index (χ1n) is 4.95. The molecule has 0 saturated heterocycles. The maximum absolute atomic E-state index is 11.1. The number of nitro benzene ring substituents is 1. The van der Waals surface area contributed by atoms with Gasteiger partial charge >= 0.3 is 15.2 Å². The predicted molar refractivity (Wildman–Crippen MR) is 65.8 cm³/mol. The van der Waals surface area contributed by atoms with Gasteiger partial charge in [0.05, 0.1) is 4.92 Å². The molecule has 0 fully saturated rings. The zero-order valence-electron chi connectivity index (χ0n) is 9.73. The van der Waals surface area contributed by atoms with Gasteiger partial charge in [-0.3, -0.25) is 19.2 Å². The molecule has 0 amide bonds. The fraction of sp³-hybridized carbons (Fsp3) is 0.250. The number of non-ortho nitro benzene ring substituents is 1. The van der Waals surface area contributed by atoms with Crippen LogP contribution in [-0.2, 0) is 15.6 Å². The van der Waals surface area contributed by atoms with E-state index in [1.54, 1.807) is 0 Å². The summed E-state index contributed by atoms with van der Waals surface area (Å²) in [7, 11) is -11.2. The fourth-order valence-electron chi connectivity index (χ4n) is 1.43. The van der Waals surface area contributed by atoms with Crippen LogP contribution in [0.4, 0.5) is 5.69 Å². The van der Waals surface area contributed by atoms with E-state index < -0.39 is 37.3 Å². The number of aliphatic hydroxyl groups is 1. The van der Waals surface area contributed by atoms with Gasteiger partial charge in [-0.25, -0.2) is 0 Å². The Bertz CT molecular complexity index is 596. The lowest BCUT2D eigenvalue weighted by molar-refractivity contribution is -0.384. The molecule has 0 heterocycles. The standard InChI is InChI=1S/C8H11NO9P2/c10-8(19(13,14)15,20(16,17)18)5-6-2-1-3-7(4-6)9(11)12/h1-4,10H,5H2,(H2,13,14,15)(H2,16,17,18). The first-order valence-corrected chi connectivity index (χ1v) is 8.18. The second kappa shape index (κ2) is 5.34. The average molecular weight is 327 g/mol. The van der Waals surface area contributed by atoms with Gasteiger partial charge < -0.3 is 24.7 Å². The van der Waals surface area contributed by atoms with E-state index in [0.29, 0.717) is 0 Å². The molecule has 0 atom stereocenters. The Labute approximate surface area is 112 Å². The molecule has 10 nitrogen and oxygen atoms in total. The maximum Gasteiger partial charge on any atom is 0.369 e. The largest absolute Gasteiger partial charge is 0.369 e. The molecule has 1 rings (SSSR count). The lowest BCUT2D eigenvalue weighted by Gasteiger charge is -2.29. The van der Waals surface area contributed by atoms with Gasteiger partial charge in [-0.05, 0) is 5.56 Å². The number of benzene rings is 1. The minimum absolute atomic E-state index is 0.201. The van der Waals surface area contributed by atoms with Crippen LogP contribution in [0.1, 0.15) is 5.56 Å². The number of hydrogen-bond acceptors (Lipinski definition) is 5. The zero-order chi connectivity index (χ0) is 15.8.